The van der Waals surface area contributed by atoms with Crippen LogP contribution in [-0.2, 0) is 32.1 Å². The lowest BCUT2D eigenvalue weighted by Crippen LogP contribution is -2.54. The highest BCUT2D eigenvalue weighted by Crippen LogP contribution is 2.12. The van der Waals surface area contributed by atoms with Crippen LogP contribution in [0.5, 0.6) is 0 Å². The zero-order chi connectivity index (χ0) is 22.8. The maximum Gasteiger partial charge on any atom is 0.408 e. The number of esters is 1. The number of aliphatic hydroxyl groups excluding tert-OH is 1. The number of alkyl carbamates (subject to hydrolysis) is 1. The summed E-state index contributed by atoms with van der Waals surface area (Å²) in [5.41, 5.74) is 3.79. The molecule has 0 aromatic heterocycles. The van der Waals surface area contributed by atoms with Crippen LogP contribution in [0.1, 0.15) is 22.3 Å². The van der Waals surface area contributed by atoms with Crippen molar-refractivity contribution in [3.05, 3.63) is 70.8 Å². The second-order valence-electron chi connectivity index (χ2n) is 7.15. The summed E-state index contributed by atoms with van der Waals surface area (Å²) in [5, 5.41) is 14.4. The highest BCUT2D eigenvalue weighted by atomic mass is 16.5. The molecule has 0 radical (unpaired) electrons. The molecule has 0 aliphatic carbocycles. The molecule has 31 heavy (non-hydrogen) atoms. The van der Waals surface area contributed by atoms with Crippen LogP contribution in [0.3, 0.4) is 0 Å². The second-order valence-corrected chi connectivity index (χ2v) is 7.15. The van der Waals surface area contributed by atoms with Gasteiger partial charge in [-0.1, -0.05) is 48.5 Å². The number of rotatable bonds is 9. The van der Waals surface area contributed by atoms with Crippen LogP contribution in [0.2, 0.25) is 0 Å². The number of aliphatic hydroxyl groups is 1. The van der Waals surface area contributed by atoms with Gasteiger partial charge in [0.1, 0.15) is 18.7 Å². The molecule has 0 saturated heterocycles. The van der Waals surface area contributed by atoms with E-state index >= 15 is 0 Å². The Morgan fingerprint density at radius 2 is 1.65 bits per heavy atom. The Hall–Kier alpha value is -3.39. The zero-order valence-corrected chi connectivity index (χ0v) is 17.9. The highest BCUT2D eigenvalue weighted by Gasteiger charge is 2.27. The molecule has 8 nitrogen and oxygen atoms in total. The maximum atomic E-state index is 12.6. The zero-order valence-electron chi connectivity index (χ0n) is 17.9. The molecule has 8 heteroatoms. The minimum Gasteiger partial charge on any atom is -0.467 e. The van der Waals surface area contributed by atoms with Gasteiger partial charge in [-0.05, 0) is 36.1 Å². The first-order chi connectivity index (χ1) is 14.8. The number of ether oxygens (including phenoxy) is 2. The maximum absolute atomic E-state index is 12.6. The Morgan fingerprint density at radius 1 is 0.935 bits per heavy atom. The van der Waals surface area contributed by atoms with E-state index in [9.17, 15) is 19.5 Å². The summed E-state index contributed by atoms with van der Waals surface area (Å²) < 4.78 is 9.86. The van der Waals surface area contributed by atoms with Crippen LogP contribution >= 0.6 is 0 Å². The molecule has 0 unspecified atom stereocenters. The minimum absolute atomic E-state index is 0.0179. The van der Waals surface area contributed by atoms with Gasteiger partial charge in [0, 0.05) is 6.42 Å². The van der Waals surface area contributed by atoms with Crippen LogP contribution < -0.4 is 10.6 Å². The van der Waals surface area contributed by atoms with Gasteiger partial charge in [0.2, 0.25) is 5.91 Å². The fourth-order valence-corrected chi connectivity index (χ4v) is 2.88. The fourth-order valence-electron chi connectivity index (χ4n) is 2.88. The summed E-state index contributed by atoms with van der Waals surface area (Å²) in [4.78, 5) is 36.8. The van der Waals surface area contributed by atoms with Gasteiger partial charge in [0.15, 0.2) is 0 Å². The summed E-state index contributed by atoms with van der Waals surface area (Å²) in [6, 6.07) is 12.5. The smallest absolute Gasteiger partial charge is 0.408 e. The molecule has 2 atom stereocenters. The first-order valence-electron chi connectivity index (χ1n) is 9.86. The SMILES string of the molecule is COC(=O)[C@@H](Cc1ccc(C)c(C)c1)NC(=O)[C@H](CO)NC(=O)OCc1ccccc1. The first-order valence-corrected chi connectivity index (χ1v) is 9.86. The van der Waals surface area contributed by atoms with E-state index in [0.717, 1.165) is 22.3 Å². The lowest BCUT2D eigenvalue weighted by Gasteiger charge is -2.21. The normalized spacial score (nSPS) is 12.4. The van der Waals surface area contributed by atoms with Gasteiger partial charge < -0.3 is 25.2 Å². The van der Waals surface area contributed by atoms with Crippen molar-refractivity contribution in [2.45, 2.75) is 39.0 Å². The van der Waals surface area contributed by atoms with Crippen LogP contribution in [0.15, 0.2) is 48.5 Å². The lowest BCUT2D eigenvalue weighted by molar-refractivity contribution is -0.145. The molecule has 0 bridgehead atoms. The molecule has 2 amide bonds. The van der Waals surface area contributed by atoms with E-state index in [1.807, 2.05) is 50.2 Å². The summed E-state index contributed by atoms with van der Waals surface area (Å²) in [7, 11) is 1.23. The van der Waals surface area contributed by atoms with Crippen molar-refractivity contribution >= 4 is 18.0 Å². The van der Waals surface area contributed by atoms with E-state index in [1.54, 1.807) is 12.1 Å². The number of methoxy groups -OCH3 is 1. The number of hydrogen-bond donors (Lipinski definition) is 3. The molecule has 0 aliphatic rings. The minimum atomic E-state index is -1.28. The van der Waals surface area contributed by atoms with E-state index in [-0.39, 0.29) is 13.0 Å². The fraction of sp³-hybridized carbons (Fsp3) is 0.348. The average Bonchev–Trinajstić information content (AvgIpc) is 2.78. The Morgan fingerprint density at radius 3 is 2.26 bits per heavy atom. The largest absolute Gasteiger partial charge is 0.467 e. The second kappa shape index (κ2) is 11.7. The van der Waals surface area contributed by atoms with Crippen LogP contribution in [0.4, 0.5) is 4.79 Å². The van der Waals surface area contributed by atoms with Gasteiger partial charge in [-0.3, -0.25) is 4.79 Å². The van der Waals surface area contributed by atoms with E-state index < -0.39 is 36.7 Å². The molecule has 2 aromatic carbocycles. The van der Waals surface area contributed by atoms with Crippen molar-refractivity contribution in [1.82, 2.24) is 10.6 Å². The standard InChI is InChI=1S/C23H28N2O6/c1-15-9-10-18(11-16(15)2)12-19(22(28)30-3)24-21(27)20(13-26)25-23(29)31-14-17-7-5-4-6-8-17/h4-11,19-20,26H,12-14H2,1-3H3,(H,24,27)(H,25,29)/t19-,20+/m1/s1. The molecule has 2 rings (SSSR count). The van der Waals surface area contributed by atoms with E-state index in [4.69, 9.17) is 9.47 Å². The van der Waals surface area contributed by atoms with Crippen molar-refractivity contribution in [2.75, 3.05) is 13.7 Å². The molecule has 0 saturated carbocycles. The summed E-state index contributed by atoms with van der Waals surface area (Å²) in [5.74, 6) is -1.35. The molecule has 0 fully saturated rings. The molecule has 3 N–H and O–H groups in total. The summed E-state index contributed by atoms with van der Waals surface area (Å²) in [6.45, 7) is 3.29. The number of benzene rings is 2. The van der Waals surface area contributed by atoms with Gasteiger partial charge in [-0.2, -0.15) is 0 Å². The lowest BCUT2D eigenvalue weighted by atomic mass is 10.0. The van der Waals surface area contributed by atoms with Crippen molar-refractivity contribution in [3.8, 4) is 0 Å². The van der Waals surface area contributed by atoms with Gasteiger partial charge in [0.25, 0.3) is 0 Å². The Labute approximate surface area is 181 Å². The Kier molecular flexibility index (Phi) is 9.02. The highest BCUT2D eigenvalue weighted by molar-refractivity contribution is 5.89. The molecule has 166 valence electrons. The predicted octanol–water partition coefficient (Wildman–Crippen LogP) is 1.79. The van der Waals surface area contributed by atoms with Crippen LogP contribution in [0.25, 0.3) is 0 Å². The number of carbonyl (C=O) groups excluding carboxylic acids is 3. The monoisotopic (exact) mass is 428 g/mol. The Balaban J connectivity index is 1.98. The first kappa shape index (κ1) is 23.9. The van der Waals surface area contributed by atoms with E-state index in [0.29, 0.717) is 0 Å². The quantitative estimate of drug-likeness (QED) is 0.525. The predicted molar refractivity (Wildman–Crippen MR) is 114 cm³/mol. The van der Waals surface area contributed by atoms with Gasteiger partial charge in [-0.15, -0.1) is 0 Å². The van der Waals surface area contributed by atoms with Crippen molar-refractivity contribution in [1.29, 1.82) is 0 Å². The third kappa shape index (κ3) is 7.42. The molecule has 0 spiro atoms. The third-order valence-corrected chi connectivity index (χ3v) is 4.82. The van der Waals surface area contributed by atoms with Gasteiger partial charge >= 0.3 is 12.1 Å². The molecular formula is C23H28N2O6. The van der Waals surface area contributed by atoms with Crippen LogP contribution in [0, 0.1) is 13.8 Å². The van der Waals surface area contributed by atoms with E-state index in [2.05, 4.69) is 10.6 Å². The molecule has 0 aliphatic heterocycles. The van der Waals surface area contributed by atoms with Crippen molar-refractivity contribution in [3.63, 3.8) is 0 Å². The summed E-state index contributed by atoms with van der Waals surface area (Å²) in [6.07, 6.45) is -0.655. The number of carbonyl (C=O) groups is 3. The van der Waals surface area contributed by atoms with E-state index in [1.165, 1.54) is 7.11 Å². The number of nitrogens with one attached hydrogen (secondary N) is 2. The number of aryl methyl sites for hydroxylation is 2. The van der Waals surface area contributed by atoms with Crippen molar-refractivity contribution in [2.24, 2.45) is 0 Å². The van der Waals surface area contributed by atoms with Crippen molar-refractivity contribution < 1.29 is 29.0 Å². The number of amides is 2. The summed E-state index contributed by atoms with van der Waals surface area (Å²) >= 11 is 0. The van der Waals surface area contributed by atoms with Gasteiger partial charge in [0.05, 0.1) is 13.7 Å². The number of hydrogen-bond acceptors (Lipinski definition) is 6. The Bertz CT molecular complexity index is 900. The third-order valence-electron chi connectivity index (χ3n) is 4.82. The molecule has 0 heterocycles. The topological polar surface area (TPSA) is 114 Å². The average molecular weight is 428 g/mol. The molecular weight excluding hydrogens is 400 g/mol. The van der Waals surface area contributed by atoms with Crippen LogP contribution in [-0.4, -0.2) is 48.9 Å². The van der Waals surface area contributed by atoms with Gasteiger partial charge in [-0.25, -0.2) is 9.59 Å². The molecule has 2 aromatic rings.